The molecular formula is C22H24N2O7S. The molecule has 0 aliphatic carbocycles. The first-order valence-corrected chi connectivity index (χ1v) is 12.0. The number of anilines is 1. The number of carbonyl (C=O) groups is 3. The molecular weight excluding hydrogens is 436 g/mol. The van der Waals surface area contributed by atoms with E-state index in [0.717, 1.165) is 24.0 Å². The van der Waals surface area contributed by atoms with Gasteiger partial charge >= 0.3 is 5.97 Å². The Morgan fingerprint density at radius 2 is 1.72 bits per heavy atom. The zero-order chi connectivity index (χ0) is 23.3. The highest BCUT2D eigenvalue weighted by Gasteiger charge is 2.37. The largest absolute Gasteiger partial charge is 0.491 e. The Bertz CT molecular complexity index is 1130. The van der Waals surface area contributed by atoms with Crippen molar-refractivity contribution in [2.75, 3.05) is 24.1 Å². The van der Waals surface area contributed by atoms with Gasteiger partial charge in [0.05, 0.1) is 36.1 Å². The van der Waals surface area contributed by atoms with Crippen molar-refractivity contribution in [2.45, 2.75) is 25.7 Å². The summed E-state index contributed by atoms with van der Waals surface area (Å²) in [5.41, 5.74) is 1.31. The lowest BCUT2D eigenvalue weighted by molar-refractivity contribution is -0.137. The Hall–Kier alpha value is -3.40. The standard InChI is InChI=1S/C22H24N2O7S/c1-32(29,30)23-18-13-16-17(22(28)24(21(16)27)11-10-20(25)26)14-19(18)31-12-6-5-9-15-7-3-2-4-8-15/h2-4,7-8,13-14,23H,5-6,9-12H2,1H3,(H,25,26). The van der Waals surface area contributed by atoms with Crippen molar-refractivity contribution in [1.29, 1.82) is 0 Å². The zero-order valence-corrected chi connectivity index (χ0v) is 18.4. The highest BCUT2D eigenvalue weighted by atomic mass is 32.2. The zero-order valence-electron chi connectivity index (χ0n) is 17.5. The summed E-state index contributed by atoms with van der Waals surface area (Å²) < 4.78 is 31.6. The first kappa shape index (κ1) is 23.3. The number of amides is 2. The van der Waals surface area contributed by atoms with Gasteiger partial charge in [0.1, 0.15) is 5.75 Å². The van der Waals surface area contributed by atoms with E-state index in [1.807, 2.05) is 30.3 Å². The van der Waals surface area contributed by atoms with Crippen LogP contribution in [0.15, 0.2) is 42.5 Å². The summed E-state index contributed by atoms with van der Waals surface area (Å²) in [7, 11) is -3.67. The van der Waals surface area contributed by atoms with E-state index >= 15 is 0 Å². The normalized spacial score (nSPS) is 13.2. The minimum Gasteiger partial charge on any atom is -0.491 e. The van der Waals surface area contributed by atoms with Gasteiger partial charge in [0.15, 0.2) is 0 Å². The van der Waals surface area contributed by atoms with Gasteiger partial charge in [-0.05, 0) is 37.0 Å². The number of unbranched alkanes of at least 4 members (excludes halogenated alkanes) is 1. The molecule has 2 aromatic rings. The lowest BCUT2D eigenvalue weighted by atomic mass is 10.1. The van der Waals surface area contributed by atoms with Crippen LogP contribution >= 0.6 is 0 Å². The maximum absolute atomic E-state index is 12.6. The number of imide groups is 1. The number of nitrogens with zero attached hydrogens (tertiary/aromatic N) is 1. The first-order valence-electron chi connectivity index (χ1n) is 10.1. The Morgan fingerprint density at radius 3 is 2.34 bits per heavy atom. The predicted molar refractivity (Wildman–Crippen MR) is 117 cm³/mol. The van der Waals surface area contributed by atoms with Crippen LogP contribution in [0.5, 0.6) is 5.75 Å². The van der Waals surface area contributed by atoms with Gasteiger partial charge in [0.25, 0.3) is 11.8 Å². The molecule has 0 aromatic heterocycles. The van der Waals surface area contributed by atoms with Crippen LogP contribution in [-0.4, -0.2) is 55.6 Å². The molecule has 170 valence electrons. The van der Waals surface area contributed by atoms with E-state index in [-0.39, 0.29) is 42.1 Å². The lowest BCUT2D eigenvalue weighted by Gasteiger charge is -2.13. The summed E-state index contributed by atoms with van der Waals surface area (Å²) in [6.07, 6.45) is 3.00. The quantitative estimate of drug-likeness (QED) is 0.389. The summed E-state index contributed by atoms with van der Waals surface area (Å²) in [5.74, 6) is -2.31. The lowest BCUT2D eigenvalue weighted by Crippen LogP contribution is -2.31. The van der Waals surface area contributed by atoms with Gasteiger partial charge in [-0.2, -0.15) is 0 Å². The van der Waals surface area contributed by atoms with E-state index in [0.29, 0.717) is 6.42 Å². The number of fused-ring (bicyclic) bond motifs is 1. The summed E-state index contributed by atoms with van der Waals surface area (Å²) in [5, 5.41) is 8.85. The van der Waals surface area contributed by atoms with Crippen LogP contribution < -0.4 is 9.46 Å². The number of hydrogen-bond donors (Lipinski definition) is 2. The molecule has 32 heavy (non-hydrogen) atoms. The Morgan fingerprint density at radius 1 is 1.06 bits per heavy atom. The van der Waals surface area contributed by atoms with Crippen LogP contribution in [0.2, 0.25) is 0 Å². The maximum atomic E-state index is 12.6. The second kappa shape index (κ2) is 9.82. The number of sulfonamides is 1. The minimum absolute atomic E-state index is 0.00275. The number of aliphatic carboxylic acids is 1. The van der Waals surface area contributed by atoms with Crippen molar-refractivity contribution in [1.82, 2.24) is 4.90 Å². The summed E-state index contributed by atoms with van der Waals surface area (Å²) >= 11 is 0. The molecule has 3 rings (SSSR count). The SMILES string of the molecule is CS(=O)(=O)Nc1cc2c(cc1OCCCCc1ccccc1)C(=O)N(CCC(=O)O)C2=O. The summed E-state index contributed by atoms with van der Waals surface area (Å²) in [6.45, 7) is 0.0150. The van der Waals surface area contributed by atoms with Gasteiger partial charge in [-0.3, -0.25) is 24.0 Å². The highest BCUT2D eigenvalue weighted by molar-refractivity contribution is 7.92. The molecule has 0 spiro atoms. The minimum atomic E-state index is -3.67. The van der Waals surface area contributed by atoms with Crippen LogP contribution in [0, 0.1) is 0 Å². The Labute approximate surface area is 186 Å². The van der Waals surface area contributed by atoms with Crippen molar-refractivity contribution in [3.8, 4) is 5.75 Å². The molecule has 2 aromatic carbocycles. The van der Waals surface area contributed by atoms with Crippen molar-refractivity contribution >= 4 is 33.5 Å². The van der Waals surface area contributed by atoms with Crippen molar-refractivity contribution in [3.63, 3.8) is 0 Å². The second-order valence-electron chi connectivity index (χ2n) is 7.47. The molecule has 0 fully saturated rings. The van der Waals surface area contributed by atoms with Crippen LogP contribution in [-0.2, 0) is 21.2 Å². The third kappa shape index (κ3) is 5.85. The number of carboxylic acid groups (broad SMARTS) is 1. The van der Waals surface area contributed by atoms with Crippen molar-refractivity contribution < 1.29 is 32.6 Å². The fourth-order valence-electron chi connectivity index (χ4n) is 3.38. The molecule has 10 heteroatoms. The van der Waals surface area contributed by atoms with Gasteiger partial charge in [-0.15, -0.1) is 0 Å². The molecule has 9 nitrogen and oxygen atoms in total. The number of benzene rings is 2. The van der Waals surface area contributed by atoms with E-state index in [9.17, 15) is 22.8 Å². The van der Waals surface area contributed by atoms with Crippen LogP contribution in [0.25, 0.3) is 0 Å². The predicted octanol–water partition coefficient (Wildman–Crippen LogP) is 2.53. The fraction of sp³-hybridized carbons (Fsp3) is 0.318. The molecule has 2 amide bonds. The average molecular weight is 461 g/mol. The van der Waals surface area contributed by atoms with E-state index < -0.39 is 27.8 Å². The van der Waals surface area contributed by atoms with Crippen LogP contribution in [0.3, 0.4) is 0 Å². The monoisotopic (exact) mass is 460 g/mol. The maximum Gasteiger partial charge on any atom is 0.305 e. The first-order chi connectivity index (χ1) is 15.2. The highest BCUT2D eigenvalue weighted by Crippen LogP contribution is 2.34. The summed E-state index contributed by atoms with van der Waals surface area (Å²) in [6, 6.07) is 12.6. The van der Waals surface area contributed by atoms with Crippen LogP contribution in [0.4, 0.5) is 5.69 Å². The average Bonchev–Trinajstić information content (AvgIpc) is 2.95. The number of ether oxygens (including phenoxy) is 1. The van der Waals surface area contributed by atoms with Crippen molar-refractivity contribution in [2.24, 2.45) is 0 Å². The topological polar surface area (TPSA) is 130 Å². The fourth-order valence-corrected chi connectivity index (χ4v) is 3.94. The molecule has 0 saturated carbocycles. The molecule has 0 unspecified atom stereocenters. The molecule has 1 aliphatic rings. The number of carboxylic acids is 1. The van der Waals surface area contributed by atoms with E-state index in [4.69, 9.17) is 9.84 Å². The third-order valence-corrected chi connectivity index (χ3v) is 5.47. The molecule has 1 heterocycles. The number of aryl methyl sites for hydroxylation is 1. The van der Waals surface area contributed by atoms with Crippen LogP contribution in [0.1, 0.15) is 45.5 Å². The second-order valence-corrected chi connectivity index (χ2v) is 9.21. The molecule has 2 N–H and O–H groups in total. The molecule has 0 radical (unpaired) electrons. The molecule has 0 atom stereocenters. The van der Waals surface area contributed by atoms with Gasteiger partial charge in [-0.1, -0.05) is 30.3 Å². The van der Waals surface area contributed by atoms with Crippen molar-refractivity contribution in [3.05, 3.63) is 59.2 Å². The van der Waals surface area contributed by atoms with Gasteiger partial charge in [-0.25, -0.2) is 8.42 Å². The Balaban J connectivity index is 1.74. The summed E-state index contributed by atoms with van der Waals surface area (Å²) in [4.78, 5) is 36.9. The third-order valence-electron chi connectivity index (χ3n) is 4.88. The van der Waals surface area contributed by atoms with Gasteiger partial charge in [0, 0.05) is 6.54 Å². The molecule has 0 saturated heterocycles. The van der Waals surface area contributed by atoms with E-state index in [1.54, 1.807) is 0 Å². The Kier molecular flexibility index (Phi) is 7.14. The van der Waals surface area contributed by atoms with E-state index in [2.05, 4.69) is 4.72 Å². The smallest absolute Gasteiger partial charge is 0.305 e. The molecule has 1 aliphatic heterocycles. The number of hydrogen-bond acceptors (Lipinski definition) is 6. The number of rotatable bonds is 11. The van der Waals surface area contributed by atoms with Gasteiger partial charge < -0.3 is 9.84 Å². The number of nitrogens with one attached hydrogen (secondary N) is 1. The number of carbonyl (C=O) groups excluding carboxylic acids is 2. The molecule has 0 bridgehead atoms. The van der Waals surface area contributed by atoms with Gasteiger partial charge in [0.2, 0.25) is 10.0 Å². The van der Waals surface area contributed by atoms with E-state index in [1.165, 1.54) is 17.7 Å².